The molecule has 0 bridgehead atoms. The summed E-state index contributed by atoms with van der Waals surface area (Å²) in [6, 6.07) is 56.1. The Morgan fingerprint density at radius 1 is 0.317 bits per heavy atom. The van der Waals surface area contributed by atoms with Crippen molar-refractivity contribution in [1.82, 2.24) is 0 Å². The molecule has 0 spiro atoms. The van der Waals surface area contributed by atoms with Crippen LogP contribution in [0.4, 0.5) is 0 Å². The van der Waals surface area contributed by atoms with Gasteiger partial charge in [0.1, 0.15) is 11.3 Å². The predicted molar refractivity (Wildman–Crippen MR) is 173 cm³/mol. The zero-order chi connectivity index (χ0) is 27.2. The van der Waals surface area contributed by atoms with Crippen LogP contribution in [0, 0.1) is 0 Å². The minimum absolute atomic E-state index is 0.884. The molecule has 1 heteroatoms. The van der Waals surface area contributed by atoms with Crippen molar-refractivity contribution in [3.8, 4) is 44.7 Å². The quantitative estimate of drug-likeness (QED) is 0.210. The molecule has 8 rings (SSSR count). The summed E-state index contributed by atoms with van der Waals surface area (Å²) in [4.78, 5) is 0. The van der Waals surface area contributed by atoms with Gasteiger partial charge in [-0.1, -0.05) is 146 Å². The van der Waals surface area contributed by atoms with Gasteiger partial charge in [0.25, 0.3) is 0 Å². The van der Waals surface area contributed by atoms with Crippen LogP contribution < -0.4 is 0 Å². The van der Waals surface area contributed by atoms with Crippen molar-refractivity contribution in [3.05, 3.63) is 158 Å². The highest BCUT2D eigenvalue weighted by Crippen LogP contribution is 2.47. The molecule has 41 heavy (non-hydrogen) atoms. The molecule has 0 amide bonds. The minimum Gasteiger partial charge on any atom is -0.456 e. The lowest BCUT2D eigenvalue weighted by Gasteiger charge is -2.20. The molecule has 0 aliphatic rings. The van der Waals surface area contributed by atoms with Crippen LogP contribution in [0.1, 0.15) is 0 Å². The number of furan rings is 1. The summed E-state index contributed by atoms with van der Waals surface area (Å²) in [5, 5.41) is 6.08. The Balaban J connectivity index is 1.47. The second-order valence-electron chi connectivity index (χ2n) is 10.4. The van der Waals surface area contributed by atoms with Gasteiger partial charge in [0.2, 0.25) is 0 Å². The fourth-order valence-corrected chi connectivity index (χ4v) is 6.30. The van der Waals surface area contributed by atoms with Crippen LogP contribution in [0.25, 0.3) is 77.2 Å². The molecule has 0 radical (unpaired) electrons. The molecular weight excluding hydrogens is 496 g/mol. The van der Waals surface area contributed by atoms with Gasteiger partial charge in [-0.2, -0.15) is 0 Å². The van der Waals surface area contributed by atoms with Gasteiger partial charge < -0.3 is 4.42 Å². The lowest BCUT2D eigenvalue weighted by atomic mass is 9.83. The zero-order valence-electron chi connectivity index (χ0n) is 22.4. The average molecular weight is 523 g/mol. The Bertz CT molecular complexity index is 2130. The molecule has 0 aliphatic carbocycles. The SMILES string of the molecule is c1ccc(-c2cc3c(-c4c5ccccc5c(-c5ccccc5-c5ccccc5)c5ccccc45)cccc3o2)cc1. The minimum atomic E-state index is 0.884. The number of hydrogen-bond acceptors (Lipinski definition) is 1. The van der Waals surface area contributed by atoms with Gasteiger partial charge >= 0.3 is 0 Å². The smallest absolute Gasteiger partial charge is 0.135 e. The maximum atomic E-state index is 6.40. The van der Waals surface area contributed by atoms with E-state index >= 15 is 0 Å². The van der Waals surface area contributed by atoms with Crippen LogP contribution in [0.5, 0.6) is 0 Å². The lowest BCUT2D eigenvalue weighted by Crippen LogP contribution is -1.92. The van der Waals surface area contributed by atoms with Crippen LogP contribution in [0.3, 0.4) is 0 Å². The lowest BCUT2D eigenvalue weighted by molar-refractivity contribution is 0.631. The molecule has 1 nitrogen and oxygen atoms in total. The molecule has 8 aromatic rings. The van der Waals surface area contributed by atoms with Gasteiger partial charge in [-0.15, -0.1) is 0 Å². The van der Waals surface area contributed by atoms with Crippen molar-refractivity contribution in [2.24, 2.45) is 0 Å². The normalized spacial score (nSPS) is 11.4. The van der Waals surface area contributed by atoms with Gasteiger partial charge in [0, 0.05) is 10.9 Å². The van der Waals surface area contributed by atoms with Crippen molar-refractivity contribution in [1.29, 1.82) is 0 Å². The molecule has 7 aromatic carbocycles. The third-order valence-corrected chi connectivity index (χ3v) is 8.10. The van der Waals surface area contributed by atoms with Crippen molar-refractivity contribution in [2.75, 3.05) is 0 Å². The zero-order valence-corrected chi connectivity index (χ0v) is 22.4. The van der Waals surface area contributed by atoms with Crippen LogP contribution in [-0.4, -0.2) is 0 Å². The Hall–Kier alpha value is -5.40. The van der Waals surface area contributed by atoms with E-state index in [-0.39, 0.29) is 0 Å². The summed E-state index contributed by atoms with van der Waals surface area (Å²) in [5.74, 6) is 0.884. The fraction of sp³-hybridized carbons (Fsp3) is 0. The Kier molecular flexibility index (Phi) is 5.53. The van der Waals surface area contributed by atoms with Crippen molar-refractivity contribution in [3.63, 3.8) is 0 Å². The van der Waals surface area contributed by atoms with E-state index in [1.165, 1.54) is 54.9 Å². The topological polar surface area (TPSA) is 13.1 Å². The van der Waals surface area contributed by atoms with E-state index in [1.807, 2.05) is 6.07 Å². The summed E-state index contributed by atoms with van der Waals surface area (Å²) in [5.41, 5.74) is 9.36. The first kappa shape index (κ1) is 23.5. The third kappa shape index (κ3) is 3.86. The molecule has 0 unspecified atom stereocenters. The standard InChI is InChI=1S/C40H26O/c1-3-14-27(15-4-1)29-18-7-8-19-30(29)39-31-20-9-11-22-33(31)40(34-23-12-10-21-32(34)39)35-24-13-25-37-36(35)26-38(41-37)28-16-5-2-6-17-28/h1-26H. The van der Waals surface area contributed by atoms with Crippen LogP contribution in [-0.2, 0) is 0 Å². The fourth-order valence-electron chi connectivity index (χ4n) is 6.30. The van der Waals surface area contributed by atoms with E-state index < -0.39 is 0 Å². The summed E-state index contributed by atoms with van der Waals surface area (Å²) in [7, 11) is 0. The van der Waals surface area contributed by atoms with Gasteiger partial charge in [-0.3, -0.25) is 0 Å². The van der Waals surface area contributed by atoms with Crippen molar-refractivity contribution < 1.29 is 4.42 Å². The molecule has 1 heterocycles. The molecule has 0 saturated carbocycles. The summed E-state index contributed by atoms with van der Waals surface area (Å²) >= 11 is 0. The highest BCUT2D eigenvalue weighted by Gasteiger charge is 2.20. The maximum Gasteiger partial charge on any atom is 0.135 e. The van der Waals surface area contributed by atoms with E-state index in [2.05, 4.69) is 152 Å². The van der Waals surface area contributed by atoms with Crippen molar-refractivity contribution in [2.45, 2.75) is 0 Å². The Morgan fingerprint density at radius 3 is 1.39 bits per heavy atom. The van der Waals surface area contributed by atoms with Gasteiger partial charge in [0.05, 0.1) is 0 Å². The summed E-state index contributed by atoms with van der Waals surface area (Å²) in [6.07, 6.45) is 0. The van der Waals surface area contributed by atoms with Crippen LogP contribution in [0.2, 0.25) is 0 Å². The number of benzene rings is 7. The van der Waals surface area contributed by atoms with Crippen LogP contribution >= 0.6 is 0 Å². The number of rotatable bonds is 4. The van der Waals surface area contributed by atoms with E-state index in [1.54, 1.807) is 0 Å². The van der Waals surface area contributed by atoms with E-state index in [4.69, 9.17) is 4.42 Å². The second-order valence-corrected chi connectivity index (χ2v) is 10.4. The molecule has 1 aromatic heterocycles. The molecule has 192 valence electrons. The number of fused-ring (bicyclic) bond motifs is 3. The largest absolute Gasteiger partial charge is 0.456 e. The van der Waals surface area contributed by atoms with Gasteiger partial charge in [-0.05, 0) is 67.1 Å². The predicted octanol–water partition coefficient (Wildman–Crippen LogP) is 11.4. The second kappa shape index (κ2) is 9.66. The number of hydrogen-bond donors (Lipinski definition) is 0. The Labute approximate surface area is 238 Å². The van der Waals surface area contributed by atoms with Crippen molar-refractivity contribution >= 4 is 32.5 Å². The molecule has 0 N–H and O–H groups in total. The average Bonchev–Trinajstić information content (AvgIpc) is 3.50. The Morgan fingerprint density at radius 2 is 0.780 bits per heavy atom. The molecule has 0 fully saturated rings. The van der Waals surface area contributed by atoms with Crippen LogP contribution in [0.15, 0.2) is 162 Å². The van der Waals surface area contributed by atoms with E-state index in [0.29, 0.717) is 0 Å². The summed E-state index contributed by atoms with van der Waals surface area (Å²) in [6.45, 7) is 0. The van der Waals surface area contributed by atoms with E-state index in [0.717, 1.165) is 22.3 Å². The molecule has 0 aliphatic heterocycles. The molecule has 0 saturated heterocycles. The maximum absolute atomic E-state index is 6.40. The molecule has 0 atom stereocenters. The van der Waals surface area contributed by atoms with E-state index in [9.17, 15) is 0 Å². The molecular formula is C40H26O. The van der Waals surface area contributed by atoms with Gasteiger partial charge in [-0.25, -0.2) is 0 Å². The third-order valence-electron chi connectivity index (χ3n) is 8.10. The van der Waals surface area contributed by atoms with Gasteiger partial charge in [0.15, 0.2) is 0 Å². The highest BCUT2D eigenvalue weighted by molar-refractivity contribution is 6.24. The highest BCUT2D eigenvalue weighted by atomic mass is 16.3. The summed E-state index contributed by atoms with van der Waals surface area (Å²) < 4.78 is 6.40. The first-order chi connectivity index (χ1) is 20.4. The first-order valence-electron chi connectivity index (χ1n) is 14.0. The monoisotopic (exact) mass is 522 g/mol. The first-order valence-corrected chi connectivity index (χ1v) is 14.0.